The van der Waals surface area contributed by atoms with Crippen LogP contribution in [0.5, 0.6) is 0 Å². The highest BCUT2D eigenvalue weighted by atomic mass is 79.9. The zero-order chi connectivity index (χ0) is 10.7. The Morgan fingerprint density at radius 3 is 2.64 bits per heavy atom. The number of hydrogen-bond donors (Lipinski definition) is 2. The van der Waals surface area contributed by atoms with Gasteiger partial charge in [-0.2, -0.15) is 0 Å². The summed E-state index contributed by atoms with van der Waals surface area (Å²) in [6.07, 6.45) is -2.81. The maximum atomic E-state index is 12.4. The lowest BCUT2D eigenvalue weighted by Gasteiger charge is -2.07. The first-order valence-corrected chi connectivity index (χ1v) is 4.92. The summed E-state index contributed by atoms with van der Waals surface area (Å²) >= 11 is 2.99. The largest absolute Gasteiger partial charge is 0.390 e. The van der Waals surface area contributed by atoms with Crippen molar-refractivity contribution >= 4 is 15.9 Å². The number of hydrogen-bond acceptors (Lipinski definition) is 2. The average molecular weight is 268 g/mol. The molecule has 0 radical (unpaired) electrons. The van der Waals surface area contributed by atoms with Gasteiger partial charge in [-0.3, -0.25) is 4.79 Å². The molecule has 1 heterocycles. The number of aromatic amines is 1. The lowest BCUT2D eigenvalue weighted by molar-refractivity contribution is 0.148. The molecule has 6 heteroatoms. The molecule has 0 spiro atoms. The Morgan fingerprint density at radius 1 is 1.57 bits per heavy atom. The zero-order valence-electron chi connectivity index (χ0n) is 7.06. The van der Waals surface area contributed by atoms with E-state index in [0.717, 1.165) is 6.07 Å². The predicted octanol–water partition coefficient (Wildman–Crippen LogP) is 1.70. The van der Waals surface area contributed by atoms with Crippen molar-refractivity contribution in [3.8, 4) is 0 Å². The van der Waals surface area contributed by atoms with Crippen LogP contribution in [0.25, 0.3) is 0 Å². The lowest BCUT2D eigenvalue weighted by Crippen LogP contribution is -2.15. The molecule has 0 unspecified atom stereocenters. The second kappa shape index (κ2) is 4.65. The molecular weight excluding hydrogens is 260 g/mol. The van der Waals surface area contributed by atoms with E-state index in [4.69, 9.17) is 5.11 Å². The Morgan fingerprint density at radius 2 is 2.21 bits per heavy atom. The van der Waals surface area contributed by atoms with Crippen molar-refractivity contribution in [1.29, 1.82) is 0 Å². The number of alkyl halides is 3. The van der Waals surface area contributed by atoms with Crippen molar-refractivity contribution < 1.29 is 13.9 Å². The van der Waals surface area contributed by atoms with Crippen LogP contribution in [-0.2, 0) is 11.9 Å². The van der Waals surface area contributed by atoms with Gasteiger partial charge in [0.2, 0.25) is 0 Å². The van der Waals surface area contributed by atoms with Crippen LogP contribution >= 0.6 is 15.9 Å². The third kappa shape index (κ3) is 2.19. The van der Waals surface area contributed by atoms with E-state index in [1.807, 2.05) is 0 Å². The van der Waals surface area contributed by atoms with Gasteiger partial charge in [-0.15, -0.1) is 0 Å². The molecule has 0 aliphatic rings. The first kappa shape index (κ1) is 11.3. The monoisotopic (exact) mass is 267 g/mol. The van der Waals surface area contributed by atoms with Crippen molar-refractivity contribution in [3.05, 3.63) is 33.2 Å². The van der Waals surface area contributed by atoms with E-state index in [9.17, 15) is 13.6 Å². The molecule has 1 rings (SSSR count). The van der Waals surface area contributed by atoms with Crippen molar-refractivity contribution in [1.82, 2.24) is 4.98 Å². The second-order valence-corrected chi connectivity index (χ2v) is 3.20. The van der Waals surface area contributed by atoms with E-state index >= 15 is 0 Å². The van der Waals surface area contributed by atoms with Crippen molar-refractivity contribution in [2.45, 2.75) is 18.4 Å². The Balaban J connectivity index is 3.35. The van der Waals surface area contributed by atoms with Crippen molar-refractivity contribution in [3.63, 3.8) is 0 Å². The van der Waals surface area contributed by atoms with Gasteiger partial charge < -0.3 is 10.1 Å². The molecule has 0 saturated heterocycles. The summed E-state index contributed by atoms with van der Waals surface area (Å²) in [6, 6.07) is 0.980. The van der Waals surface area contributed by atoms with Crippen LogP contribution in [0, 0.1) is 0 Å². The fourth-order valence-electron chi connectivity index (χ4n) is 1.11. The van der Waals surface area contributed by atoms with Gasteiger partial charge in [0.1, 0.15) is 0 Å². The minimum atomic E-state index is -2.81. The molecule has 0 aliphatic heterocycles. The van der Waals surface area contributed by atoms with E-state index in [1.165, 1.54) is 0 Å². The fraction of sp³-hybridized carbons (Fsp3) is 0.375. The Kier molecular flexibility index (Phi) is 3.77. The third-order valence-electron chi connectivity index (χ3n) is 1.73. The van der Waals surface area contributed by atoms with Crippen LogP contribution in [0.4, 0.5) is 8.78 Å². The summed E-state index contributed by atoms with van der Waals surface area (Å²) in [5.74, 6) is 0. The summed E-state index contributed by atoms with van der Waals surface area (Å²) in [4.78, 5) is 13.7. The number of H-pyrrole nitrogens is 1. The second-order valence-electron chi connectivity index (χ2n) is 2.64. The Hall–Kier alpha value is -0.750. The molecule has 0 saturated carbocycles. The van der Waals surface area contributed by atoms with Gasteiger partial charge in [0, 0.05) is 22.8 Å². The van der Waals surface area contributed by atoms with Gasteiger partial charge in [-0.1, -0.05) is 15.9 Å². The first-order chi connectivity index (χ1) is 6.60. The molecule has 1 aromatic heterocycles. The molecule has 0 aliphatic carbocycles. The smallest absolute Gasteiger partial charge is 0.269 e. The van der Waals surface area contributed by atoms with Gasteiger partial charge in [-0.25, -0.2) is 8.78 Å². The maximum Gasteiger partial charge on any atom is 0.269 e. The Bertz CT molecular complexity index is 378. The average Bonchev–Trinajstić information content (AvgIpc) is 2.15. The molecular formula is C8H8BrF2NO2. The highest BCUT2D eigenvalue weighted by molar-refractivity contribution is 9.08. The standard InChI is InChI=1S/C8H8BrF2NO2/c9-2-5-7(8(10)11)6(14)1-4(3-13)12-5/h1,8,13H,2-3H2,(H,12,14). The summed E-state index contributed by atoms with van der Waals surface area (Å²) in [6.45, 7) is -0.376. The maximum absolute atomic E-state index is 12.4. The number of aromatic nitrogens is 1. The van der Waals surface area contributed by atoms with Gasteiger partial charge >= 0.3 is 0 Å². The first-order valence-electron chi connectivity index (χ1n) is 3.80. The fourth-order valence-corrected chi connectivity index (χ4v) is 1.55. The van der Waals surface area contributed by atoms with Gasteiger partial charge in [-0.05, 0) is 0 Å². The number of halogens is 3. The van der Waals surface area contributed by atoms with E-state index in [0.29, 0.717) is 0 Å². The van der Waals surface area contributed by atoms with Crippen LogP contribution in [-0.4, -0.2) is 10.1 Å². The molecule has 1 aromatic rings. The third-order valence-corrected chi connectivity index (χ3v) is 2.29. The van der Waals surface area contributed by atoms with E-state index in [-0.39, 0.29) is 23.3 Å². The highest BCUT2D eigenvalue weighted by Crippen LogP contribution is 2.20. The summed E-state index contributed by atoms with van der Waals surface area (Å²) in [5.41, 5.74) is -0.957. The number of nitrogens with one attached hydrogen (secondary N) is 1. The van der Waals surface area contributed by atoms with Crippen LogP contribution < -0.4 is 5.43 Å². The molecule has 78 valence electrons. The van der Waals surface area contributed by atoms with Gasteiger partial charge in [0.25, 0.3) is 6.43 Å². The van der Waals surface area contributed by atoms with E-state index in [1.54, 1.807) is 0 Å². The Labute approximate surface area is 86.9 Å². The summed E-state index contributed by atoms with van der Waals surface area (Å²) in [7, 11) is 0. The molecule has 0 atom stereocenters. The van der Waals surface area contributed by atoms with Crippen LogP contribution in [0.3, 0.4) is 0 Å². The normalized spacial score (nSPS) is 10.9. The molecule has 3 nitrogen and oxygen atoms in total. The van der Waals surface area contributed by atoms with Gasteiger partial charge in [0.15, 0.2) is 5.43 Å². The number of aliphatic hydroxyl groups is 1. The number of aliphatic hydroxyl groups excluding tert-OH is 1. The van der Waals surface area contributed by atoms with Crippen LogP contribution in [0.1, 0.15) is 23.4 Å². The molecule has 2 N–H and O–H groups in total. The van der Waals surface area contributed by atoms with Crippen molar-refractivity contribution in [2.24, 2.45) is 0 Å². The topological polar surface area (TPSA) is 53.1 Å². The number of rotatable bonds is 3. The van der Waals surface area contributed by atoms with E-state index in [2.05, 4.69) is 20.9 Å². The minimum Gasteiger partial charge on any atom is -0.390 e. The minimum absolute atomic E-state index is 0.108. The highest BCUT2D eigenvalue weighted by Gasteiger charge is 2.17. The van der Waals surface area contributed by atoms with Crippen molar-refractivity contribution in [2.75, 3.05) is 0 Å². The number of pyridine rings is 1. The quantitative estimate of drug-likeness (QED) is 0.820. The van der Waals surface area contributed by atoms with Crippen LogP contribution in [0.15, 0.2) is 10.9 Å². The van der Waals surface area contributed by atoms with Gasteiger partial charge in [0.05, 0.1) is 12.2 Å². The molecule has 0 aromatic carbocycles. The molecule has 0 fully saturated rings. The van der Waals surface area contributed by atoms with E-state index < -0.39 is 17.4 Å². The molecule has 0 amide bonds. The molecule has 0 bridgehead atoms. The SMILES string of the molecule is O=c1cc(CO)[nH]c(CBr)c1C(F)F. The van der Waals surface area contributed by atoms with Crippen LogP contribution in [0.2, 0.25) is 0 Å². The predicted molar refractivity (Wildman–Crippen MR) is 50.6 cm³/mol. The molecule has 14 heavy (non-hydrogen) atoms. The summed E-state index contributed by atoms with van der Waals surface area (Å²) in [5, 5.41) is 8.86. The lowest BCUT2D eigenvalue weighted by atomic mass is 10.2. The summed E-state index contributed by atoms with van der Waals surface area (Å²) < 4.78 is 24.8. The zero-order valence-corrected chi connectivity index (χ0v) is 8.64.